The van der Waals surface area contributed by atoms with E-state index in [2.05, 4.69) is 9.97 Å². The molecule has 0 atom stereocenters. The zero-order chi connectivity index (χ0) is 12.5. The molecule has 1 N–H and O–H groups in total. The first-order valence-corrected chi connectivity index (χ1v) is 5.47. The number of nitrogens with zero attached hydrogens (tertiary/aromatic N) is 3. The molecule has 90 valence electrons. The topological polar surface area (TPSA) is 60.2 Å². The van der Waals surface area contributed by atoms with E-state index in [-0.39, 0.29) is 5.75 Å². The van der Waals surface area contributed by atoms with Crippen molar-refractivity contribution in [2.45, 2.75) is 0 Å². The van der Waals surface area contributed by atoms with E-state index in [0.29, 0.717) is 17.1 Å². The fourth-order valence-corrected chi connectivity index (χ4v) is 1.74. The van der Waals surface area contributed by atoms with Crippen LogP contribution in [0.4, 0.5) is 0 Å². The Balaban J connectivity index is 2.02. The molecule has 0 bridgehead atoms. The van der Waals surface area contributed by atoms with Gasteiger partial charge in [-0.15, -0.1) is 0 Å². The number of phenolic OH excluding ortho intramolecular Hbond substituents is 1. The molecule has 0 fully saturated rings. The largest absolute Gasteiger partial charge is 0.508 e. The van der Waals surface area contributed by atoms with E-state index in [1.807, 2.05) is 17.7 Å². The number of aromatic nitrogens is 3. The summed E-state index contributed by atoms with van der Waals surface area (Å²) in [5, 5.41) is 9.21. The van der Waals surface area contributed by atoms with Crippen LogP contribution in [0, 0.1) is 0 Å². The number of rotatable bonds is 2. The number of imidazole rings is 1. The summed E-state index contributed by atoms with van der Waals surface area (Å²) in [5.41, 5.74) is 1.67. The highest BCUT2D eigenvalue weighted by Gasteiger charge is 2.08. The average molecular weight is 241 g/mol. The Kier molecular flexibility index (Phi) is 2.37. The second-order valence-corrected chi connectivity index (χ2v) is 3.94. The van der Waals surface area contributed by atoms with Gasteiger partial charge in [-0.1, -0.05) is 0 Å². The molecule has 3 rings (SSSR count). The fraction of sp³-hybridized carbons (Fsp3) is 0.0769. The number of ether oxygens (including phenoxy) is 1. The second-order valence-electron chi connectivity index (χ2n) is 3.94. The van der Waals surface area contributed by atoms with Crippen LogP contribution < -0.4 is 4.74 Å². The van der Waals surface area contributed by atoms with Crippen molar-refractivity contribution in [3.05, 3.63) is 42.9 Å². The molecule has 3 aromatic rings. The summed E-state index contributed by atoms with van der Waals surface area (Å²) >= 11 is 0. The van der Waals surface area contributed by atoms with Crippen LogP contribution in [-0.4, -0.2) is 19.6 Å². The Morgan fingerprint density at radius 1 is 1.11 bits per heavy atom. The minimum atomic E-state index is 0.200. The summed E-state index contributed by atoms with van der Waals surface area (Å²) in [6.45, 7) is 0. The zero-order valence-electron chi connectivity index (χ0n) is 9.74. The number of hydrogen-bond acceptors (Lipinski definition) is 4. The SMILES string of the molecule is Cn1cnc2c(Oc3ccc(O)cc3)nccc21. The van der Waals surface area contributed by atoms with Crippen LogP contribution in [0.3, 0.4) is 0 Å². The second kappa shape index (κ2) is 4.03. The first kappa shape index (κ1) is 10.6. The molecule has 0 aliphatic heterocycles. The van der Waals surface area contributed by atoms with E-state index < -0.39 is 0 Å². The van der Waals surface area contributed by atoms with E-state index in [0.717, 1.165) is 5.52 Å². The predicted octanol–water partition coefficient (Wildman–Crippen LogP) is 2.47. The number of fused-ring (bicyclic) bond motifs is 1. The molecular weight excluding hydrogens is 230 g/mol. The number of aryl methyl sites for hydroxylation is 1. The van der Waals surface area contributed by atoms with Gasteiger partial charge in [-0.2, -0.15) is 0 Å². The molecule has 0 unspecified atom stereocenters. The molecular formula is C13H11N3O2. The summed E-state index contributed by atoms with van der Waals surface area (Å²) in [4.78, 5) is 8.44. The highest BCUT2D eigenvalue weighted by atomic mass is 16.5. The molecule has 5 heteroatoms. The van der Waals surface area contributed by atoms with Crippen molar-refractivity contribution in [1.82, 2.24) is 14.5 Å². The van der Waals surface area contributed by atoms with Gasteiger partial charge in [0.05, 0.1) is 11.8 Å². The Bertz CT molecular complexity index is 689. The lowest BCUT2D eigenvalue weighted by atomic mass is 10.3. The fourth-order valence-electron chi connectivity index (χ4n) is 1.74. The molecule has 0 spiro atoms. The van der Waals surface area contributed by atoms with Crippen LogP contribution in [0.1, 0.15) is 0 Å². The number of phenols is 1. The molecule has 2 aromatic heterocycles. The van der Waals surface area contributed by atoms with Crippen molar-refractivity contribution in [2.75, 3.05) is 0 Å². The standard InChI is InChI=1S/C13H11N3O2/c1-16-8-15-12-11(16)6-7-14-13(12)18-10-4-2-9(17)3-5-10/h2-8,17H,1H3. The van der Waals surface area contributed by atoms with Crippen molar-refractivity contribution in [2.24, 2.45) is 7.05 Å². The van der Waals surface area contributed by atoms with Crippen molar-refractivity contribution in [3.8, 4) is 17.4 Å². The summed E-state index contributed by atoms with van der Waals surface area (Å²) < 4.78 is 7.57. The number of aromatic hydroxyl groups is 1. The van der Waals surface area contributed by atoms with Gasteiger partial charge in [0.1, 0.15) is 11.5 Å². The van der Waals surface area contributed by atoms with E-state index in [1.165, 1.54) is 0 Å². The number of hydrogen-bond donors (Lipinski definition) is 1. The Hall–Kier alpha value is -2.56. The van der Waals surface area contributed by atoms with E-state index in [4.69, 9.17) is 4.74 Å². The summed E-state index contributed by atoms with van der Waals surface area (Å²) in [6, 6.07) is 8.37. The van der Waals surface area contributed by atoms with E-state index in [1.54, 1.807) is 36.8 Å². The average Bonchev–Trinajstić information content (AvgIpc) is 2.76. The van der Waals surface area contributed by atoms with Crippen LogP contribution in [0.15, 0.2) is 42.9 Å². The van der Waals surface area contributed by atoms with E-state index >= 15 is 0 Å². The highest BCUT2D eigenvalue weighted by molar-refractivity contribution is 5.80. The van der Waals surface area contributed by atoms with Crippen LogP contribution in [0.25, 0.3) is 11.0 Å². The third kappa shape index (κ3) is 1.75. The molecule has 0 amide bonds. The Labute approximate surface area is 103 Å². The van der Waals surface area contributed by atoms with Crippen molar-refractivity contribution in [1.29, 1.82) is 0 Å². The Morgan fingerprint density at radius 3 is 2.67 bits per heavy atom. The van der Waals surface area contributed by atoms with Crippen molar-refractivity contribution >= 4 is 11.0 Å². The number of benzene rings is 1. The summed E-state index contributed by atoms with van der Waals surface area (Å²) in [6.07, 6.45) is 3.40. The molecule has 5 nitrogen and oxygen atoms in total. The monoisotopic (exact) mass is 241 g/mol. The summed E-state index contributed by atoms with van der Waals surface area (Å²) in [5.74, 6) is 1.27. The minimum Gasteiger partial charge on any atom is -0.508 e. The third-order valence-electron chi connectivity index (χ3n) is 2.66. The molecule has 2 heterocycles. The van der Waals surface area contributed by atoms with Crippen LogP contribution in [0.2, 0.25) is 0 Å². The smallest absolute Gasteiger partial charge is 0.247 e. The van der Waals surface area contributed by atoms with Gasteiger partial charge >= 0.3 is 0 Å². The molecule has 0 aliphatic rings. The molecule has 0 saturated heterocycles. The first-order valence-electron chi connectivity index (χ1n) is 5.47. The minimum absolute atomic E-state index is 0.200. The van der Waals surface area contributed by atoms with Crippen LogP contribution >= 0.6 is 0 Å². The normalized spacial score (nSPS) is 10.7. The highest BCUT2D eigenvalue weighted by Crippen LogP contribution is 2.27. The van der Waals surface area contributed by atoms with Gasteiger partial charge in [0, 0.05) is 13.2 Å². The van der Waals surface area contributed by atoms with Crippen molar-refractivity contribution in [3.63, 3.8) is 0 Å². The maximum absolute atomic E-state index is 9.21. The molecule has 1 aromatic carbocycles. The van der Waals surface area contributed by atoms with Gasteiger partial charge in [-0.3, -0.25) is 0 Å². The number of pyridine rings is 1. The quantitative estimate of drug-likeness (QED) is 0.748. The first-order chi connectivity index (χ1) is 8.74. The van der Waals surface area contributed by atoms with Gasteiger partial charge in [-0.05, 0) is 30.3 Å². The Morgan fingerprint density at radius 2 is 1.89 bits per heavy atom. The lowest BCUT2D eigenvalue weighted by Gasteiger charge is -2.05. The van der Waals surface area contributed by atoms with Crippen molar-refractivity contribution < 1.29 is 9.84 Å². The maximum atomic E-state index is 9.21. The van der Waals surface area contributed by atoms with Gasteiger partial charge < -0.3 is 14.4 Å². The lowest BCUT2D eigenvalue weighted by Crippen LogP contribution is -1.90. The third-order valence-corrected chi connectivity index (χ3v) is 2.66. The zero-order valence-corrected chi connectivity index (χ0v) is 9.74. The molecule has 0 saturated carbocycles. The van der Waals surface area contributed by atoms with Gasteiger partial charge in [-0.25, -0.2) is 9.97 Å². The van der Waals surface area contributed by atoms with Gasteiger partial charge in [0.2, 0.25) is 5.88 Å². The lowest BCUT2D eigenvalue weighted by molar-refractivity contribution is 0.457. The summed E-state index contributed by atoms with van der Waals surface area (Å²) in [7, 11) is 1.92. The van der Waals surface area contributed by atoms with Crippen LogP contribution in [-0.2, 0) is 7.05 Å². The maximum Gasteiger partial charge on any atom is 0.247 e. The van der Waals surface area contributed by atoms with Crippen LogP contribution in [0.5, 0.6) is 17.4 Å². The van der Waals surface area contributed by atoms with Gasteiger partial charge in [0.25, 0.3) is 0 Å². The predicted molar refractivity (Wildman–Crippen MR) is 66.7 cm³/mol. The molecule has 0 aliphatic carbocycles. The molecule has 18 heavy (non-hydrogen) atoms. The molecule has 0 radical (unpaired) electrons. The van der Waals surface area contributed by atoms with E-state index in [9.17, 15) is 5.11 Å². The van der Waals surface area contributed by atoms with Gasteiger partial charge in [0.15, 0.2) is 5.52 Å².